The second kappa shape index (κ2) is 11.8. The van der Waals surface area contributed by atoms with Crippen LogP contribution >= 0.6 is 35.6 Å². The highest BCUT2D eigenvalue weighted by molar-refractivity contribution is 14.0. The van der Waals surface area contributed by atoms with Crippen LogP contribution in [-0.2, 0) is 11.2 Å². The fourth-order valence-electron chi connectivity index (χ4n) is 3.77. The minimum absolute atomic E-state index is 0. The molecule has 2 aliphatic rings. The molecule has 0 bridgehead atoms. The van der Waals surface area contributed by atoms with Crippen LogP contribution in [0.5, 0.6) is 0 Å². The quantitative estimate of drug-likeness (QED) is 0.315. The van der Waals surface area contributed by atoms with Crippen LogP contribution in [0.1, 0.15) is 25.0 Å². The van der Waals surface area contributed by atoms with Crippen molar-refractivity contribution in [2.45, 2.75) is 37.8 Å². The van der Waals surface area contributed by atoms with E-state index in [9.17, 15) is 0 Å². The molecule has 30 heavy (non-hydrogen) atoms. The Morgan fingerprint density at radius 3 is 3.00 bits per heavy atom. The minimum Gasteiger partial charge on any atom is -0.469 e. The molecule has 2 unspecified atom stereocenters. The molecule has 4 rings (SSSR count). The van der Waals surface area contributed by atoms with Gasteiger partial charge in [-0.1, -0.05) is 11.6 Å². The van der Waals surface area contributed by atoms with E-state index in [0.29, 0.717) is 11.6 Å². The number of anilines is 1. The molecule has 7 nitrogen and oxygen atoms in total. The van der Waals surface area contributed by atoms with Gasteiger partial charge in [-0.05, 0) is 43.5 Å². The van der Waals surface area contributed by atoms with Crippen LogP contribution in [0, 0.1) is 0 Å². The number of hydrogen-bond acceptors (Lipinski definition) is 5. The van der Waals surface area contributed by atoms with Gasteiger partial charge in [0, 0.05) is 44.9 Å². The number of nitrogens with one attached hydrogen (secondary N) is 2. The lowest BCUT2D eigenvalue weighted by Crippen LogP contribution is -2.45. The molecule has 0 saturated carbocycles. The number of rotatable bonds is 7. The zero-order chi connectivity index (χ0) is 19.9. The SMILES string of the molecule is Clc1cccnc1N1CCC(NC(=NCC2CCCO2)NCCc2ccco2)C1.I. The summed E-state index contributed by atoms with van der Waals surface area (Å²) in [6.07, 6.45) is 7.74. The normalized spacial score (nSPS) is 21.5. The topological polar surface area (TPSA) is 74.9 Å². The van der Waals surface area contributed by atoms with Crippen molar-refractivity contribution in [3.8, 4) is 0 Å². The lowest BCUT2D eigenvalue weighted by molar-refractivity contribution is 0.117. The lowest BCUT2D eigenvalue weighted by atomic mass is 10.2. The number of aliphatic imine (C=N–C) groups is 1. The van der Waals surface area contributed by atoms with E-state index in [-0.39, 0.29) is 36.1 Å². The molecular formula is C21H29ClIN5O2. The van der Waals surface area contributed by atoms with Gasteiger partial charge in [0.1, 0.15) is 11.6 Å². The van der Waals surface area contributed by atoms with Crippen LogP contribution in [0.15, 0.2) is 46.1 Å². The number of halogens is 2. The van der Waals surface area contributed by atoms with E-state index in [1.807, 2.05) is 24.3 Å². The number of hydrogen-bond donors (Lipinski definition) is 2. The second-order valence-corrected chi connectivity index (χ2v) is 7.87. The Balaban J connectivity index is 0.00000256. The average Bonchev–Trinajstić information content (AvgIpc) is 3.49. The van der Waals surface area contributed by atoms with E-state index in [2.05, 4.69) is 20.5 Å². The van der Waals surface area contributed by atoms with Crippen molar-refractivity contribution in [1.29, 1.82) is 0 Å². The van der Waals surface area contributed by atoms with E-state index in [1.165, 1.54) is 0 Å². The van der Waals surface area contributed by atoms with Crippen molar-refractivity contribution in [2.75, 3.05) is 37.7 Å². The Morgan fingerprint density at radius 1 is 1.30 bits per heavy atom. The molecular weight excluding hydrogens is 517 g/mol. The van der Waals surface area contributed by atoms with Gasteiger partial charge < -0.3 is 24.7 Å². The number of ether oxygens (including phenoxy) is 1. The first-order valence-electron chi connectivity index (χ1n) is 10.3. The minimum atomic E-state index is 0. The lowest BCUT2D eigenvalue weighted by Gasteiger charge is -2.20. The first kappa shape index (κ1) is 23.1. The predicted molar refractivity (Wildman–Crippen MR) is 130 cm³/mol. The molecule has 2 aromatic rings. The number of guanidine groups is 1. The van der Waals surface area contributed by atoms with E-state index < -0.39 is 0 Å². The maximum atomic E-state index is 6.31. The molecule has 4 heterocycles. The largest absolute Gasteiger partial charge is 0.469 e. The fraction of sp³-hybridized carbons (Fsp3) is 0.524. The Labute approximate surface area is 199 Å². The Kier molecular flexibility index (Phi) is 9.07. The van der Waals surface area contributed by atoms with Crippen molar-refractivity contribution in [1.82, 2.24) is 15.6 Å². The molecule has 0 radical (unpaired) electrons. The van der Waals surface area contributed by atoms with Gasteiger partial charge in [0.15, 0.2) is 5.96 Å². The molecule has 2 aliphatic heterocycles. The molecule has 2 N–H and O–H groups in total. The first-order chi connectivity index (χ1) is 14.3. The number of aromatic nitrogens is 1. The monoisotopic (exact) mass is 545 g/mol. The molecule has 164 valence electrons. The summed E-state index contributed by atoms with van der Waals surface area (Å²) < 4.78 is 11.1. The van der Waals surface area contributed by atoms with Gasteiger partial charge in [0.2, 0.25) is 0 Å². The zero-order valence-corrected chi connectivity index (χ0v) is 20.0. The molecule has 9 heteroatoms. The molecule has 0 aromatic carbocycles. The molecule has 2 atom stereocenters. The van der Waals surface area contributed by atoms with E-state index in [0.717, 1.165) is 69.5 Å². The smallest absolute Gasteiger partial charge is 0.191 e. The fourth-order valence-corrected chi connectivity index (χ4v) is 4.01. The molecule has 0 spiro atoms. The zero-order valence-electron chi connectivity index (χ0n) is 16.9. The highest BCUT2D eigenvalue weighted by Gasteiger charge is 2.25. The van der Waals surface area contributed by atoms with Gasteiger partial charge >= 0.3 is 0 Å². The van der Waals surface area contributed by atoms with Crippen molar-refractivity contribution < 1.29 is 9.15 Å². The van der Waals surface area contributed by atoms with Gasteiger partial charge in [-0.2, -0.15) is 0 Å². The van der Waals surface area contributed by atoms with Gasteiger partial charge in [0.25, 0.3) is 0 Å². The average molecular weight is 546 g/mol. The number of furan rings is 1. The Morgan fingerprint density at radius 2 is 2.23 bits per heavy atom. The molecule has 2 aromatic heterocycles. The van der Waals surface area contributed by atoms with Crippen LogP contribution in [0.2, 0.25) is 5.02 Å². The van der Waals surface area contributed by atoms with Crippen LogP contribution in [-0.4, -0.2) is 55.9 Å². The molecule has 0 aliphatic carbocycles. The highest BCUT2D eigenvalue weighted by atomic mass is 127. The van der Waals surface area contributed by atoms with E-state index >= 15 is 0 Å². The van der Waals surface area contributed by atoms with Crippen molar-refractivity contribution in [2.24, 2.45) is 4.99 Å². The summed E-state index contributed by atoms with van der Waals surface area (Å²) in [5.74, 6) is 2.64. The predicted octanol–water partition coefficient (Wildman–Crippen LogP) is 3.48. The van der Waals surface area contributed by atoms with Crippen molar-refractivity contribution in [3.63, 3.8) is 0 Å². The van der Waals surface area contributed by atoms with Crippen LogP contribution in [0.3, 0.4) is 0 Å². The third-order valence-electron chi connectivity index (χ3n) is 5.29. The molecule has 2 saturated heterocycles. The van der Waals surface area contributed by atoms with Crippen LogP contribution in [0.4, 0.5) is 5.82 Å². The van der Waals surface area contributed by atoms with Gasteiger partial charge in [-0.3, -0.25) is 4.99 Å². The summed E-state index contributed by atoms with van der Waals surface area (Å²) in [4.78, 5) is 11.4. The maximum Gasteiger partial charge on any atom is 0.191 e. The Bertz CT molecular complexity index is 798. The van der Waals surface area contributed by atoms with Crippen molar-refractivity contribution >= 4 is 47.4 Å². The number of pyridine rings is 1. The van der Waals surface area contributed by atoms with Gasteiger partial charge in [-0.25, -0.2) is 4.98 Å². The first-order valence-corrected chi connectivity index (χ1v) is 10.7. The van der Waals surface area contributed by atoms with E-state index in [4.69, 9.17) is 25.7 Å². The summed E-state index contributed by atoms with van der Waals surface area (Å²) in [5.41, 5.74) is 0. The summed E-state index contributed by atoms with van der Waals surface area (Å²) >= 11 is 6.31. The van der Waals surface area contributed by atoms with E-state index in [1.54, 1.807) is 12.5 Å². The summed E-state index contributed by atoms with van der Waals surface area (Å²) in [6.45, 7) is 4.04. The molecule has 0 amide bonds. The van der Waals surface area contributed by atoms with Crippen LogP contribution in [0.25, 0.3) is 0 Å². The van der Waals surface area contributed by atoms with Gasteiger partial charge in [-0.15, -0.1) is 24.0 Å². The third-order valence-corrected chi connectivity index (χ3v) is 5.58. The summed E-state index contributed by atoms with van der Waals surface area (Å²) in [5, 5.41) is 7.71. The third kappa shape index (κ3) is 6.49. The standard InChI is InChI=1S/C21H28ClN5O2.HI/c22-19-6-1-9-23-20(19)27-11-8-16(15-27)26-21(25-14-18-5-3-13-29-18)24-10-7-17-4-2-12-28-17;/h1-2,4,6,9,12,16,18H,3,5,7-8,10-11,13-15H2,(H2,24,25,26);1H. The maximum absolute atomic E-state index is 6.31. The summed E-state index contributed by atoms with van der Waals surface area (Å²) in [7, 11) is 0. The van der Waals surface area contributed by atoms with Crippen LogP contribution < -0.4 is 15.5 Å². The van der Waals surface area contributed by atoms with Crippen molar-refractivity contribution in [3.05, 3.63) is 47.5 Å². The second-order valence-electron chi connectivity index (χ2n) is 7.47. The van der Waals surface area contributed by atoms with Gasteiger partial charge in [0.05, 0.1) is 23.9 Å². The Hall–Kier alpha value is -1.52. The number of nitrogens with zero attached hydrogens (tertiary/aromatic N) is 3. The highest BCUT2D eigenvalue weighted by Crippen LogP contribution is 2.25. The summed E-state index contributed by atoms with van der Waals surface area (Å²) in [6, 6.07) is 7.93. The molecule has 2 fully saturated rings.